The minimum absolute atomic E-state index is 0.138. The van der Waals surface area contributed by atoms with Gasteiger partial charge in [0.15, 0.2) is 28.5 Å². The van der Waals surface area contributed by atoms with Gasteiger partial charge in [-0.1, -0.05) is 6.92 Å². The Bertz CT molecular complexity index is 963. The van der Waals surface area contributed by atoms with E-state index in [0.29, 0.717) is 17.8 Å². The van der Waals surface area contributed by atoms with E-state index in [4.69, 9.17) is 10.2 Å². The number of nitrogens with two attached hydrogens (primary N) is 1. The molecule has 0 aliphatic heterocycles. The van der Waals surface area contributed by atoms with Gasteiger partial charge in [0, 0.05) is 20.5 Å². The second kappa shape index (κ2) is 3.92. The Morgan fingerprint density at radius 3 is 2.55 bits per heavy atom. The number of hydrogen-bond donors (Lipinski definition) is 1. The Hall–Kier alpha value is -2.64. The van der Waals surface area contributed by atoms with E-state index in [0.717, 1.165) is 4.57 Å². The molecule has 0 aliphatic carbocycles. The summed E-state index contributed by atoms with van der Waals surface area (Å²) < 4.78 is 7.85. The zero-order chi connectivity index (χ0) is 14.6. The lowest BCUT2D eigenvalue weighted by Crippen LogP contribution is -2.37. The molecule has 0 aliphatic rings. The SMILES string of the molecule is CCc1nc2c(N)nc3c(c(=O)n(C)c(=O)n3C)c2o1. The predicted molar refractivity (Wildman–Crippen MR) is 73.6 cm³/mol. The topological polar surface area (TPSA) is 109 Å². The smallest absolute Gasteiger partial charge is 0.332 e. The van der Waals surface area contributed by atoms with Crippen LogP contribution in [0.2, 0.25) is 0 Å². The van der Waals surface area contributed by atoms with Crippen LogP contribution in [0.3, 0.4) is 0 Å². The van der Waals surface area contributed by atoms with Gasteiger partial charge >= 0.3 is 5.69 Å². The molecule has 2 N–H and O–H groups in total. The second-order valence-electron chi connectivity index (χ2n) is 4.54. The Labute approximate surface area is 112 Å². The number of hydrogen-bond acceptors (Lipinski definition) is 6. The molecule has 0 aromatic carbocycles. The first-order valence-electron chi connectivity index (χ1n) is 6.10. The van der Waals surface area contributed by atoms with Crippen LogP contribution in [0.25, 0.3) is 22.1 Å². The maximum Gasteiger partial charge on any atom is 0.332 e. The molecule has 0 radical (unpaired) electrons. The number of oxazole rings is 1. The summed E-state index contributed by atoms with van der Waals surface area (Å²) in [7, 11) is 2.93. The van der Waals surface area contributed by atoms with Crippen LogP contribution in [-0.2, 0) is 20.5 Å². The molecular formula is C12H13N5O3. The van der Waals surface area contributed by atoms with Crippen molar-refractivity contribution in [2.24, 2.45) is 14.1 Å². The first-order chi connectivity index (χ1) is 9.45. The van der Waals surface area contributed by atoms with Crippen molar-refractivity contribution in [2.45, 2.75) is 13.3 Å². The molecule has 3 aromatic heterocycles. The van der Waals surface area contributed by atoms with Crippen molar-refractivity contribution < 1.29 is 4.42 Å². The highest BCUT2D eigenvalue weighted by Crippen LogP contribution is 2.25. The molecule has 8 nitrogen and oxygen atoms in total. The van der Waals surface area contributed by atoms with E-state index >= 15 is 0 Å². The summed E-state index contributed by atoms with van der Waals surface area (Å²) in [5, 5.41) is 0.214. The molecule has 0 spiro atoms. The van der Waals surface area contributed by atoms with Crippen LogP contribution in [0.15, 0.2) is 14.0 Å². The third kappa shape index (κ3) is 1.41. The zero-order valence-electron chi connectivity index (χ0n) is 11.3. The number of pyridine rings is 1. The Balaban J connectivity index is 2.70. The van der Waals surface area contributed by atoms with Gasteiger partial charge in [-0.05, 0) is 0 Å². The molecule has 8 heteroatoms. The van der Waals surface area contributed by atoms with Crippen molar-refractivity contribution in [1.29, 1.82) is 0 Å². The number of fused-ring (bicyclic) bond motifs is 3. The van der Waals surface area contributed by atoms with Crippen molar-refractivity contribution in [1.82, 2.24) is 19.1 Å². The first kappa shape index (κ1) is 12.4. The minimum atomic E-state index is -0.473. The quantitative estimate of drug-likeness (QED) is 0.665. The molecule has 3 heterocycles. The lowest BCUT2D eigenvalue weighted by Gasteiger charge is -2.07. The molecule has 0 fully saturated rings. The van der Waals surface area contributed by atoms with Crippen LogP contribution in [-0.4, -0.2) is 19.1 Å². The normalized spacial score (nSPS) is 11.6. The number of nitrogens with zero attached hydrogens (tertiary/aromatic N) is 4. The molecule has 3 aromatic rings. The Morgan fingerprint density at radius 1 is 1.20 bits per heavy atom. The van der Waals surface area contributed by atoms with Gasteiger partial charge in [-0.2, -0.15) is 0 Å². The van der Waals surface area contributed by atoms with Gasteiger partial charge in [0.2, 0.25) is 0 Å². The van der Waals surface area contributed by atoms with Crippen molar-refractivity contribution in [3.05, 3.63) is 26.7 Å². The number of aryl methyl sites for hydroxylation is 2. The van der Waals surface area contributed by atoms with Gasteiger partial charge < -0.3 is 10.2 Å². The third-order valence-corrected chi connectivity index (χ3v) is 3.30. The van der Waals surface area contributed by atoms with Crippen LogP contribution >= 0.6 is 0 Å². The van der Waals surface area contributed by atoms with Gasteiger partial charge in [-0.25, -0.2) is 14.8 Å². The van der Waals surface area contributed by atoms with Crippen LogP contribution in [0, 0.1) is 0 Å². The number of aromatic nitrogens is 4. The lowest BCUT2D eigenvalue weighted by atomic mass is 10.3. The van der Waals surface area contributed by atoms with Crippen LogP contribution in [0.1, 0.15) is 12.8 Å². The molecule has 0 unspecified atom stereocenters. The largest absolute Gasteiger partial charge is 0.440 e. The molecule has 0 amide bonds. The molecule has 20 heavy (non-hydrogen) atoms. The monoisotopic (exact) mass is 275 g/mol. The van der Waals surface area contributed by atoms with Gasteiger partial charge in [-0.3, -0.25) is 13.9 Å². The molecular weight excluding hydrogens is 262 g/mol. The lowest BCUT2D eigenvalue weighted by molar-refractivity contribution is 0.539. The fourth-order valence-corrected chi connectivity index (χ4v) is 2.19. The van der Waals surface area contributed by atoms with E-state index < -0.39 is 11.2 Å². The van der Waals surface area contributed by atoms with E-state index in [1.165, 1.54) is 18.7 Å². The highest BCUT2D eigenvalue weighted by atomic mass is 16.3. The van der Waals surface area contributed by atoms with Crippen LogP contribution < -0.4 is 17.0 Å². The highest BCUT2D eigenvalue weighted by molar-refractivity contribution is 6.03. The minimum Gasteiger partial charge on any atom is -0.440 e. The van der Waals surface area contributed by atoms with Crippen LogP contribution in [0.4, 0.5) is 5.82 Å². The Kier molecular flexibility index (Phi) is 2.43. The van der Waals surface area contributed by atoms with Crippen molar-refractivity contribution in [2.75, 3.05) is 5.73 Å². The van der Waals surface area contributed by atoms with Gasteiger partial charge in [0.25, 0.3) is 5.56 Å². The summed E-state index contributed by atoms with van der Waals surface area (Å²) in [4.78, 5) is 32.5. The summed E-state index contributed by atoms with van der Waals surface area (Å²) in [6.45, 7) is 1.88. The van der Waals surface area contributed by atoms with E-state index in [-0.39, 0.29) is 22.4 Å². The third-order valence-electron chi connectivity index (χ3n) is 3.30. The molecule has 0 saturated heterocycles. The van der Waals surface area contributed by atoms with E-state index in [9.17, 15) is 9.59 Å². The molecule has 0 saturated carbocycles. The number of anilines is 1. The summed E-state index contributed by atoms with van der Waals surface area (Å²) in [5.41, 5.74) is 5.72. The van der Waals surface area contributed by atoms with E-state index in [2.05, 4.69) is 9.97 Å². The summed E-state index contributed by atoms with van der Waals surface area (Å²) in [6, 6.07) is 0. The maximum atomic E-state index is 12.3. The number of rotatable bonds is 1. The standard InChI is InChI=1S/C12H13N5O3/c1-4-5-14-7-8(20-5)6-10(15-9(7)13)16(2)12(19)17(3)11(6)18/h4H2,1-3H3,(H2,13,15). The van der Waals surface area contributed by atoms with Gasteiger partial charge in [-0.15, -0.1) is 0 Å². The predicted octanol–water partition coefficient (Wildman–Crippen LogP) is -0.0820. The molecule has 0 atom stereocenters. The highest BCUT2D eigenvalue weighted by Gasteiger charge is 2.19. The Morgan fingerprint density at radius 2 is 1.90 bits per heavy atom. The summed E-state index contributed by atoms with van der Waals surface area (Å²) >= 11 is 0. The van der Waals surface area contributed by atoms with E-state index in [1.54, 1.807) is 0 Å². The zero-order valence-corrected chi connectivity index (χ0v) is 11.3. The van der Waals surface area contributed by atoms with Crippen molar-refractivity contribution in [3.63, 3.8) is 0 Å². The molecule has 3 rings (SSSR count). The van der Waals surface area contributed by atoms with E-state index in [1.807, 2.05) is 6.92 Å². The van der Waals surface area contributed by atoms with Crippen LogP contribution in [0.5, 0.6) is 0 Å². The maximum absolute atomic E-state index is 12.3. The fourth-order valence-electron chi connectivity index (χ4n) is 2.19. The fraction of sp³-hybridized carbons (Fsp3) is 0.333. The summed E-state index contributed by atoms with van der Waals surface area (Å²) in [5.74, 6) is 0.608. The molecule has 104 valence electrons. The average Bonchev–Trinajstić information content (AvgIpc) is 2.87. The van der Waals surface area contributed by atoms with Crippen molar-refractivity contribution >= 4 is 28.0 Å². The van der Waals surface area contributed by atoms with Gasteiger partial charge in [0.1, 0.15) is 5.39 Å². The van der Waals surface area contributed by atoms with Crippen molar-refractivity contribution in [3.8, 4) is 0 Å². The van der Waals surface area contributed by atoms with Gasteiger partial charge in [0.05, 0.1) is 0 Å². The second-order valence-corrected chi connectivity index (χ2v) is 4.54. The first-order valence-corrected chi connectivity index (χ1v) is 6.10. The number of nitrogen functional groups attached to an aromatic ring is 1. The summed E-state index contributed by atoms with van der Waals surface area (Å²) in [6.07, 6.45) is 0.571. The average molecular weight is 275 g/mol. The molecule has 0 bridgehead atoms.